The summed E-state index contributed by atoms with van der Waals surface area (Å²) in [5.74, 6) is 1.56. The Morgan fingerprint density at radius 3 is 1.40 bits per heavy atom. The zero-order valence-corrected chi connectivity index (χ0v) is 15.2. The second-order valence-corrected chi connectivity index (χ2v) is 5.96. The van der Waals surface area contributed by atoms with E-state index in [0.717, 1.165) is 29.3 Å². The Bertz CT molecular complexity index is 644. The third-order valence-corrected chi connectivity index (χ3v) is 3.27. The van der Waals surface area contributed by atoms with Gasteiger partial charge in [-0.3, -0.25) is 0 Å². The van der Waals surface area contributed by atoms with Crippen LogP contribution in [0.1, 0.15) is 6.42 Å². The molecule has 0 aliphatic carbocycles. The van der Waals surface area contributed by atoms with E-state index in [2.05, 4.69) is 10.6 Å². The molecular formula is C17H20N4O2S2. The van der Waals surface area contributed by atoms with Crippen molar-refractivity contribution in [2.75, 3.05) is 23.8 Å². The molecule has 0 saturated carbocycles. The van der Waals surface area contributed by atoms with Crippen LogP contribution >= 0.6 is 24.4 Å². The first-order valence-corrected chi connectivity index (χ1v) is 8.43. The second kappa shape index (κ2) is 9.65. The van der Waals surface area contributed by atoms with Crippen molar-refractivity contribution < 1.29 is 9.47 Å². The van der Waals surface area contributed by atoms with Crippen molar-refractivity contribution in [3.63, 3.8) is 0 Å². The molecule has 0 atom stereocenters. The summed E-state index contributed by atoms with van der Waals surface area (Å²) in [6.07, 6.45) is 0.764. The highest BCUT2D eigenvalue weighted by atomic mass is 32.1. The van der Waals surface area contributed by atoms with Crippen LogP contribution < -0.4 is 31.6 Å². The summed E-state index contributed by atoms with van der Waals surface area (Å²) in [5, 5.41) is 6.18. The number of anilines is 2. The number of rotatable bonds is 8. The van der Waals surface area contributed by atoms with Crippen molar-refractivity contribution in [1.82, 2.24) is 0 Å². The summed E-state index contributed by atoms with van der Waals surface area (Å²) in [5.41, 5.74) is 12.5. The molecule has 0 fully saturated rings. The molecule has 2 aromatic carbocycles. The first-order valence-electron chi connectivity index (χ1n) is 7.61. The minimum atomic E-state index is 0.236. The Kier molecular flexibility index (Phi) is 7.24. The van der Waals surface area contributed by atoms with Crippen LogP contribution in [0.3, 0.4) is 0 Å². The summed E-state index contributed by atoms with van der Waals surface area (Å²) in [6, 6.07) is 14.8. The lowest BCUT2D eigenvalue weighted by Gasteiger charge is -2.10. The van der Waals surface area contributed by atoms with E-state index < -0.39 is 0 Å². The number of nitrogens with two attached hydrogens (primary N) is 2. The molecule has 0 aromatic heterocycles. The number of hydrogen-bond acceptors (Lipinski definition) is 4. The zero-order chi connectivity index (χ0) is 18.1. The topological polar surface area (TPSA) is 94.6 Å². The maximum atomic E-state index is 5.66. The summed E-state index contributed by atoms with van der Waals surface area (Å²) < 4.78 is 11.3. The SMILES string of the molecule is NC(=S)Nc1ccc(OCCCOc2ccc(NC(N)=S)cc2)cc1. The van der Waals surface area contributed by atoms with Gasteiger partial charge in [0.2, 0.25) is 0 Å². The maximum absolute atomic E-state index is 5.66. The van der Waals surface area contributed by atoms with Gasteiger partial charge in [-0.2, -0.15) is 0 Å². The fourth-order valence-electron chi connectivity index (χ4n) is 1.99. The van der Waals surface area contributed by atoms with E-state index in [1.165, 1.54) is 0 Å². The van der Waals surface area contributed by atoms with Crippen LogP contribution in [-0.2, 0) is 0 Å². The Hall–Kier alpha value is -2.58. The van der Waals surface area contributed by atoms with Crippen molar-refractivity contribution in [3.8, 4) is 11.5 Å². The molecule has 2 rings (SSSR count). The summed E-state index contributed by atoms with van der Waals surface area (Å²) >= 11 is 9.56. The smallest absolute Gasteiger partial charge is 0.168 e. The molecule has 0 spiro atoms. The number of ether oxygens (including phenoxy) is 2. The van der Waals surface area contributed by atoms with Crippen LogP contribution in [0.4, 0.5) is 11.4 Å². The Morgan fingerprint density at radius 1 is 0.720 bits per heavy atom. The van der Waals surface area contributed by atoms with Gasteiger partial charge in [0, 0.05) is 17.8 Å². The van der Waals surface area contributed by atoms with Gasteiger partial charge >= 0.3 is 0 Å². The van der Waals surface area contributed by atoms with E-state index in [0.29, 0.717) is 13.2 Å². The standard InChI is InChI=1S/C17H20N4O2S2/c18-16(24)20-12-2-6-14(7-3-12)22-10-1-11-23-15-8-4-13(5-9-15)21-17(19)25/h2-9H,1,10-11H2,(H3,18,20,24)(H3,19,21,25). The van der Waals surface area contributed by atoms with E-state index in [9.17, 15) is 0 Å². The molecule has 6 N–H and O–H groups in total. The van der Waals surface area contributed by atoms with Crippen molar-refractivity contribution in [3.05, 3.63) is 48.5 Å². The first-order chi connectivity index (χ1) is 12.0. The molecule has 0 aliphatic rings. The molecule has 0 aliphatic heterocycles. The van der Waals surface area contributed by atoms with Crippen LogP contribution in [0.5, 0.6) is 11.5 Å². The van der Waals surface area contributed by atoms with Crippen LogP contribution in [-0.4, -0.2) is 23.4 Å². The lowest BCUT2D eigenvalue weighted by atomic mass is 10.3. The molecule has 0 heterocycles. The number of thiocarbonyl (C=S) groups is 2. The lowest BCUT2D eigenvalue weighted by Crippen LogP contribution is -2.18. The largest absolute Gasteiger partial charge is 0.493 e. The normalized spacial score (nSPS) is 9.92. The quantitative estimate of drug-likeness (QED) is 0.413. The van der Waals surface area contributed by atoms with Crippen LogP contribution in [0.15, 0.2) is 48.5 Å². The molecule has 0 saturated heterocycles. The van der Waals surface area contributed by atoms with Gasteiger partial charge in [0.05, 0.1) is 13.2 Å². The molecule has 8 heteroatoms. The first kappa shape index (κ1) is 18.8. The number of nitrogens with one attached hydrogen (secondary N) is 2. The van der Waals surface area contributed by atoms with E-state index in [1.54, 1.807) is 0 Å². The van der Waals surface area contributed by atoms with Gasteiger partial charge in [0.1, 0.15) is 11.5 Å². The third kappa shape index (κ3) is 7.23. The fraction of sp³-hybridized carbons (Fsp3) is 0.176. The van der Waals surface area contributed by atoms with Gasteiger partial charge in [0.15, 0.2) is 10.2 Å². The Balaban J connectivity index is 1.66. The van der Waals surface area contributed by atoms with Crippen LogP contribution in [0.25, 0.3) is 0 Å². The highest BCUT2D eigenvalue weighted by Gasteiger charge is 1.99. The van der Waals surface area contributed by atoms with Crippen LogP contribution in [0.2, 0.25) is 0 Å². The zero-order valence-electron chi connectivity index (χ0n) is 13.5. The van der Waals surface area contributed by atoms with Crippen molar-refractivity contribution in [2.24, 2.45) is 11.5 Å². The summed E-state index contributed by atoms with van der Waals surface area (Å²) in [7, 11) is 0. The predicted molar refractivity (Wildman–Crippen MR) is 109 cm³/mol. The van der Waals surface area contributed by atoms with E-state index in [4.69, 9.17) is 45.4 Å². The van der Waals surface area contributed by atoms with E-state index >= 15 is 0 Å². The number of benzene rings is 2. The third-order valence-electron chi connectivity index (χ3n) is 3.07. The molecule has 0 unspecified atom stereocenters. The minimum Gasteiger partial charge on any atom is -0.493 e. The van der Waals surface area contributed by atoms with Gasteiger partial charge < -0.3 is 31.6 Å². The predicted octanol–water partition coefficient (Wildman–Crippen LogP) is 2.85. The van der Waals surface area contributed by atoms with Gasteiger partial charge in [-0.1, -0.05) is 0 Å². The highest BCUT2D eigenvalue weighted by molar-refractivity contribution is 7.80. The lowest BCUT2D eigenvalue weighted by molar-refractivity contribution is 0.247. The molecule has 25 heavy (non-hydrogen) atoms. The van der Waals surface area contributed by atoms with Crippen molar-refractivity contribution in [2.45, 2.75) is 6.42 Å². The second-order valence-electron chi connectivity index (χ2n) is 5.08. The highest BCUT2D eigenvalue weighted by Crippen LogP contribution is 2.17. The average molecular weight is 377 g/mol. The van der Waals surface area contributed by atoms with Crippen molar-refractivity contribution in [1.29, 1.82) is 0 Å². The molecule has 0 bridgehead atoms. The van der Waals surface area contributed by atoms with Gasteiger partial charge in [-0.15, -0.1) is 0 Å². The van der Waals surface area contributed by atoms with Crippen LogP contribution in [0, 0.1) is 0 Å². The molecule has 6 nitrogen and oxygen atoms in total. The molecular weight excluding hydrogens is 356 g/mol. The van der Waals surface area contributed by atoms with Gasteiger partial charge in [-0.05, 0) is 73.0 Å². The molecule has 2 aromatic rings. The van der Waals surface area contributed by atoms with E-state index in [-0.39, 0.29) is 10.2 Å². The Labute approximate surface area is 157 Å². The number of hydrogen-bond donors (Lipinski definition) is 4. The van der Waals surface area contributed by atoms with Crippen molar-refractivity contribution >= 4 is 46.0 Å². The summed E-state index contributed by atoms with van der Waals surface area (Å²) in [4.78, 5) is 0. The average Bonchev–Trinajstić information content (AvgIpc) is 2.56. The van der Waals surface area contributed by atoms with E-state index in [1.807, 2.05) is 48.5 Å². The van der Waals surface area contributed by atoms with Gasteiger partial charge in [0.25, 0.3) is 0 Å². The Morgan fingerprint density at radius 2 is 1.08 bits per heavy atom. The molecule has 132 valence electrons. The molecule has 0 radical (unpaired) electrons. The van der Waals surface area contributed by atoms with Gasteiger partial charge in [-0.25, -0.2) is 0 Å². The maximum Gasteiger partial charge on any atom is 0.168 e. The summed E-state index contributed by atoms with van der Waals surface area (Å²) in [6.45, 7) is 1.12. The molecule has 0 amide bonds. The fourth-order valence-corrected chi connectivity index (χ4v) is 2.23. The monoisotopic (exact) mass is 376 g/mol. The minimum absolute atomic E-state index is 0.236.